The topological polar surface area (TPSA) is 99.6 Å². The van der Waals surface area contributed by atoms with Gasteiger partial charge < -0.3 is 4.74 Å². The van der Waals surface area contributed by atoms with Crippen LogP contribution in [0.15, 0.2) is 69.0 Å². The number of rotatable bonds is 8. The first kappa shape index (κ1) is 25.8. The molecule has 0 amide bonds. The van der Waals surface area contributed by atoms with Gasteiger partial charge in [-0.15, -0.1) is 0 Å². The highest BCUT2D eigenvalue weighted by atomic mass is 79.9. The Hall–Kier alpha value is -3.27. The van der Waals surface area contributed by atoms with Crippen LogP contribution in [-0.4, -0.2) is 20.8 Å². The van der Waals surface area contributed by atoms with Gasteiger partial charge in [-0.1, -0.05) is 58.2 Å². The minimum atomic E-state index is -0.579. The molecule has 1 heterocycles. The third kappa shape index (κ3) is 5.75. The van der Waals surface area contributed by atoms with E-state index in [-0.39, 0.29) is 28.6 Å². The van der Waals surface area contributed by atoms with Gasteiger partial charge in [-0.25, -0.2) is 4.98 Å². The Morgan fingerprint density at radius 1 is 1.17 bits per heavy atom. The molecule has 0 atom stereocenters. The number of nitro benzene ring substituents is 1. The number of aromatic nitrogens is 2. The van der Waals surface area contributed by atoms with Crippen LogP contribution >= 0.6 is 39.1 Å². The van der Waals surface area contributed by atoms with Crippen molar-refractivity contribution in [2.45, 2.75) is 26.4 Å². The normalized spacial score (nSPS) is 11.3. The highest BCUT2D eigenvalue weighted by Gasteiger charge is 2.21. The van der Waals surface area contributed by atoms with E-state index in [1.54, 1.807) is 36.4 Å². The van der Waals surface area contributed by atoms with Crippen LogP contribution in [0.1, 0.15) is 30.3 Å². The second-order valence-electron chi connectivity index (χ2n) is 7.82. The number of halogens is 3. The van der Waals surface area contributed by atoms with E-state index in [1.165, 1.54) is 23.0 Å². The molecule has 0 fully saturated rings. The van der Waals surface area contributed by atoms with Gasteiger partial charge in [-0.2, -0.15) is 9.78 Å². The molecule has 0 unspecified atom stereocenters. The van der Waals surface area contributed by atoms with Crippen molar-refractivity contribution in [1.29, 1.82) is 0 Å². The molecule has 0 radical (unpaired) electrons. The quantitative estimate of drug-likeness (QED) is 0.128. The molecule has 0 aliphatic heterocycles. The maximum atomic E-state index is 13.2. The molecule has 0 spiro atoms. The van der Waals surface area contributed by atoms with Crippen molar-refractivity contribution in [3.8, 4) is 5.75 Å². The Balaban J connectivity index is 1.70. The summed E-state index contributed by atoms with van der Waals surface area (Å²) in [6.45, 7) is 2.04. The van der Waals surface area contributed by atoms with Crippen LogP contribution in [0, 0.1) is 10.1 Å². The van der Waals surface area contributed by atoms with Gasteiger partial charge in [-0.05, 0) is 48.4 Å². The van der Waals surface area contributed by atoms with Crippen LogP contribution in [0.4, 0.5) is 5.69 Å². The van der Waals surface area contributed by atoms with E-state index in [0.717, 1.165) is 16.5 Å². The summed E-state index contributed by atoms with van der Waals surface area (Å²) in [4.78, 5) is 28.9. The maximum absolute atomic E-state index is 13.2. The lowest BCUT2D eigenvalue weighted by atomic mass is 10.2. The minimum Gasteiger partial charge on any atom is -0.481 e. The van der Waals surface area contributed by atoms with Gasteiger partial charge in [0, 0.05) is 27.5 Å². The fourth-order valence-electron chi connectivity index (χ4n) is 3.51. The number of nitrogens with zero attached hydrogens (tertiary/aromatic N) is 4. The van der Waals surface area contributed by atoms with Crippen LogP contribution in [0.25, 0.3) is 10.9 Å². The third-order valence-electron chi connectivity index (χ3n) is 5.21. The lowest BCUT2D eigenvalue weighted by Crippen LogP contribution is -2.22. The van der Waals surface area contributed by atoms with E-state index in [9.17, 15) is 14.9 Å². The van der Waals surface area contributed by atoms with Crippen molar-refractivity contribution in [1.82, 2.24) is 9.66 Å². The highest BCUT2D eigenvalue weighted by Crippen LogP contribution is 2.36. The molecule has 36 heavy (non-hydrogen) atoms. The zero-order valence-electron chi connectivity index (χ0n) is 19.0. The van der Waals surface area contributed by atoms with Gasteiger partial charge in [0.25, 0.3) is 5.56 Å². The fourth-order valence-corrected chi connectivity index (χ4v) is 4.28. The summed E-state index contributed by atoms with van der Waals surface area (Å²) in [6, 6.07) is 15.0. The number of aryl methyl sites for hydroxylation is 1. The molecular formula is C25H19BrCl2N4O4. The number of benzene rings is 3. The predicted octanol–water partition coefficient (Wildman–Crippen LogP) is 6.79. The second-order valence-corrected chi connectivity index (χ2v) is 9.58. The summed E-state index contributed by atoms with van der Waals surface area (Å²) in [5.74, 6) is 0.423. The molecule has 0 saturated carbocycles. The predicted molar refractivity (Wildman–Crippen MR) is 145 cm³/mol. The first-order valence-corrected chi connectivity index (χ1v) is 12.4. The van der Waals surface area contributed by atoms with Crippen LogP contribution in [0.2, 0.25) is 10.0 Å². The first-order valence-electron chi connectivity index (χ1n) is 10.9. The van der Waals surface area contributed by atoms with Crippen molar-refractivity contribution >= 4 is 61.9 Å². The monoisotopic (exact) mass is 588 g/mol. The molecule has 0 saturated heterocycles. The molecule has 8 nitrogen and oxygen atoms in total. The molecular weight excluding hydrogens is 571 g/mol. The van der Waals surface area contributed by atoms with E-state index in [0.29, 0.717) is 33.7 Å². The summed E-state index contributed by atoms with van der Waals surface area (Å²) in [5.41, 5.74) is 1.01. The Bertz CT molecular complexity index is 1540. The van der Waals surface area contributed by atoms with Gasteiger partial charge in [-0.3, -0.25) is 14.9 Å². The van der Waals surface area contributed by atoms with Crippen LogP contribution < -0.4 is 10.3 Å². The minimum absolute atomic E-state index is 0.0429. The summed E-state index contributed by atoms with van der Waals surface area (Å²) >= 11 is 15.6. The summed E-state index contributed by atoms with van der Waals surface area (Å²) in [6.07, 6.45) is 2.62. The molecule has 3 aromatic carbocycles. The standard InChI is InChI=1S/C25H19BrCl2N4O4/c1-2-3-23-30-21-9-6-17(26)12-19(21)25(33)31(23)29-13-16-10-20(28)24(22(11-16)32(34)35)36-14-15-4-7-18(27)8-5-15/h4-13H,2-3,14H2,1H3. The Kier molecular flexibility index (Phi) is 8.03. The Labute approximate surface area is 224 Å². The number of nitro groups is 1. The molecule has 1 aromatic heterocycles. The molecule has 4 rings (SSSR count). The SMILES string of the molecule is CCCc1nc2ccc(Br)cc2c(=O)n1N=Cc1cc(Cl)c(OCc2ccc(Cl)cc2)c([N+](=O)[O-])c1. The zero-order chi connectivity index (χ0) is 25.8. The van der Waals surface area contributed by atoms with Gasteiger partial charge in [0.2, 0.25) is 5.75 Å². The molecule has 0 aliphatic rings. The van der Waals surface area contributed by atoms with Crippen molar-refractivity contribution in [3.05, 3.63) is 107 Å². The lowest BCUT2D eigenvalue weighted by molar-refractivity contribution is -0.385. The average molecular weight is 590 g/mol. The molecule has 184 valence electrons. The second kappa shape index (κ2) is 11.2. The molecule has 11 heteroatoms. The van der Waals surface area contributed by atoms with E-state index in [1.807, 2.05) is 13.0 Å². The van der Waals surface area contributed by atoms with Gasteiger partial charge in [0.05, 0.1) is 27.1 Å². The van der Waals surface area contributed by atoms with Crippen molar-refractivity contribution < 1.29 is 9.66 Å². The Morgan fingerprint density at radius 2 is 1.92 bits per heavy atom. The van der Waals surface area contributed by atoms with Gasteiger partial charge in [0.1, 0.15) is 12.4 Å². The number of hydrogen-bond acceptors (Lipinski definition) is 6. The van der Waals surface area contributed by atoms with E-state index >= 15 is 0 Å². The maximum Gasteiger partial charge on any atom is 0.313 e. The molecule has 0 N–H and O–H groups in total. The van der Waals surface area contributed by atoms with E-state index < -0.39 is 4.92 Å². The molecule has 0 aliphatic carbocycles. The van der Waals surface area contributed by atoms with Crippen molar-refractivity contribution in [2.24, 2.45) is 5.10 Å². The molecule has 0 bridgehead atoms. The van der Waals surface area contributed by atoms with Crippen LogP contribution in [-0.2, 0) is 13.0 Å². The van der Waals surface area contributed by atoms with E-state index in [4.69, 9.17) is 27.9 Å². The fraction of sp³-hybridized carbons (Fsp3) is 0.160. The smallest absolute Gasteiger partial charge is 0.313 e. The number of fused-ring (bicyclic) bond motifs is 1. The average Bonchev–Trinajstić information content (AvgIpc) is 2.84. The summed E-state index contributed by atoms with van der Waals surface area (Å²) in [5, 5.41) is 17.1. The lowest BCUT2D eigenvalue weighted by Gasteiger charge is -2.10. The largest absolute Gasteiger partial charge is 0.481 e. The number of hydrogen-bond donors (Lipinski definition) is 0. The van der Waals surface area contributed by atoms with Crippen molar-refractivity contribution in [2.75, 3.05) is 0 Å². The van der Waals surface area contributed by atoms with E-state index in [2.05, 4.69) is 26.0 Å². The third-order valence-corrected chi connectivity index (χ3v) is 6.24. The number of ether oxygens (including phenoxy) is 1. The first-order chi connectivity index (χ1) is 17.3. The molecule has 4 aromatic rings. The highest BCUT2D eigenvalue weighted by molar-refractivity contribution is 9.10. The van der Waals surface area contributed by atoms with Crippen LogP contribution in [0.3, 0.4) is 0 Å². The van der Waals surface area contributed by atoms with Gasteiger partial charge in [0.15, 0.2) is 0 Å². The van der Waals surface area contributed by atoms with Gasteiger partial charge >= 0.3 is 5.69 Å². The zero-order valence-corrected chi connectivity index (χ0v) is 22.0. The summed E-state index contributed by atoms with van der Waals surface area (Å²) in [7, 11) is 0. The van der Waals surface area contributed by atoms with Crippen LogP contribution in [0.5, 0.6) is 5.75 Å². The summed E-state index contributed by atoms with van der Waals surface area (Å²) < 4.78 is 7.62. The van der Waals surface area contributed by atoms with Crippen molar-refractivity contribution in [3.63, 3.8) is 0 Å². The Morgan fingerprint density at radius 3 is 2.61 bits per heavy atom.